The molecule has 0 saturated heterocycles. The number of carbonyl (C=O) groups is 2. The van der Waals surface area contributed by atoms with Crippen molar-refractivity contribution in [1.29, 1.82) is 0 Å². The third kappa shape index (κ3) is 7.33. The van der Waals surface area contributed by atoms with Crippen molar-refractivity contribution in [3.63, 3.8) is 0 Å². The van der Waals surface area contributed by atoms with Crippen LogP contribution < -0.4 is 24.2 Å². The van der Waals surface area contributed by atoms with Crippen molar-refractivity contribution in [3.05, 3.63) is 83.4 Å². The number of nitrogens with zero attached hydrogens (tertiary/aromatic N) is 2. The Labute approximate surface area is 210 Å². The number of nitrogens with one attached hydrogen (secondary N) is 1. The fraction of sp³-hybridized carbons (Fsp3) is 0.200. The van der Waals surface area contributed by atoms with Crippen molar-refractivity contribution in [1.82, 2.24) is 15.3 Å². The number of aryl methyl sites for hydroxylation is 1. The Hall–Kier alpha value is -2.85. The zero-order chi connectivity index (χ0) is 22.9. The van der Waals surface area contributed by atoms with E-state index in [2.05, 4.69) is 15.3 Å². The number of carbonyl (C=O) groups excluding carboxylic acids is 1. The van der Waals surface area contributed by atoms with E-state index in [1.165, 1.54) is 0 Å². The van der Waals surface area contributed by atoms with Crippen LogP contribution in [-0.4, -0.2) is 45.0 Å². The largest absolute Gasteiger partial charge is 1.00 e. The van der Waals surface area contributed by atoms with E-state index in [-0.39, 0.29) is 18.9 Å². The van der Waals surface area contributed by atoms with E-state index >= 15 is 0 Å². The van der Waals surface area contributed by atoms with E-state index in [0.29, 0.717) is 17.7 Å². The molecular formula is C25H25LiN3O3S+. The van der Waals surface area contributed by atoms with Crippen LogP contribution in [-0.2, 0) is 4.79 Å². The number of thioether (sulfide) groups is 1. The van der Waals surface area contributed by atoms with Crippen LogP contribution in [0, 0.1) is 6.92 Å². The third-order valence-corrected chi connectivity index (χ3v) is 5.61. The second kappa shape index (κ2) is 13.0. The molecular weight excluding hydrogens is 429 g/mol. The number of benzene rings is 2. The van der Waals surface area contributed by atoms with Gasteiger partial charge in [-0.15, -0.1) is 0 Å². The van der Waals surface area contributed by atoms with Crippen molar-refractivity contribution in [2.75, 3.05) is 12.0 Å². The van der Waals surface area contributed by atoms with Crippen molar-refractivity contribution < 1.29 is 33.6 Å². The van der Waals surface area contributed by atoms with Gasteiger partial charge >= 0.3 is 24.8 Å². The first kappa shape index (κ1) is 26.4. The Kier molecular flexibility index (Phi) is 10.4. The summed E-state index contributed by atoms with van der Waals surface area (Å²) < 4.78 is 0. The molecule has 6 nitrogen and oxygen atoms in total. The number of hydrogen-bond donors (Lipinski definition) is 2. The number of carboxylic acid groups (broad SMARTS) is 1. The predicted molar refractivity (Wildman–Crippen MR) is 129 cm³/mol. The van der Waals surface area contributed by atoms with Gasteiger partial charge in [-0.25, -0.2) is 4.79 Å². The SMILES string of the molecule is CSCCC(NC(=O)c1ccc(/C=C/c2cnccn2)cc1-c1ccccc1C)C(=O)O.[Li+]. The van der Waals surface area contributed by atoms with Crippen LogP contribution in [0.2, 0.25) is 0 Å². The van der Waals surface area contributed by atoms with Gasteiger partial charge < -0.3 is 10.4 Å². The van der Waals surface area contributed by atoms with Gasteiger partial charge in [0.2, 0.25) is 0 Å². The maximum atomic E-state index is 13.1. The minimum absolute atomic E-state index is 0. The topological polar surface area (TPSA) is 92.2 Å². The molecule has 0 fully saturated rings. The molecule has 1 amide bonds. The van der Waals surface area contributed by atoms with Gasteiger partial charge in [-0.1, -0.05) is 36.4 Å². The van der Waals surface area contributed by atoms with Crippen molar-refractivity contribution >= 4 is 35.8 Å². The standard InChI is InChI=1S/C25H25N3O3S.Li/c1-17-5-3-4-6-20(17)22-15-18(7-9-19-16-26-12-13-27-19)8-10-21(22)24(29)28-23(25(30)31)11-14-32-2;/h3-10,12-13,15-16,23H,11,14H2,1-2H3,(H,28,29)(H,30,31);/q;+1/b9-7+;. The molecule has 33 heavy (non-hydrogen) atoms. The molecule has 0 saturated carbocycles. The summed E-state index contributed by atoms with van der Waals surface area (Å²) in [6.07, 6.45) is 10.9. The Morgan fingerprint density at radius 1 is 1.12 bits per heavy atom. The molecule has 0 aliphatic heterocycles. The molecule has 0 aliphatic rings. The molecule has 1 atom stereocenters. The van der Waals surface area contributed by atoms with Crippen LogP contribution in [0.4, 0.5) is 0 Å². The van der Waals surface area contributed by atoms with Gasteiger partial charge in [0.15, 0.2) is 0 Å². The van der Waals surface area contributed by atoms with Gasteiger partial charge in [0.25, 0.3) is 5.91 Å². The van der Waals surface area contributed by atoms with Crippen molar-refractivity contribution in [3.8, 4) is 11.1 Å². The third-order valence-electron chi connectivity index (χ3n) is 4.97. The molecule has 164 valence electrons. The first-order chi connectivity index (χ1) is 15.5. The molecule has 0 spiro atoms. The van der Waals surface area contributed by atoms with E-state index in [1.807, 2.05) is 61.7 Å². The summed E-state index contributed by atoms with van der Waals surface area (Å²) in [6, 6.07) is 12.4. The molecule has 3 rings (SSSR count). The van der Waals surface area contributed by atoms with E-state index in [9.17, 15) is 14.7 Å². The van der Waals surface area contributed by atoms with Crippen LogP contribution >= 0.6 is 11.8 Å². The molecule has 2 aromatic carbocycles. The van der Waals surface area contributed by atoms with Crippen molar-refractivity contribution in [2.45, 2.75) is 19.4 Å². The van der Waals surface area contributed by atoms with Crippen molar-refractivity contribution in [2.24, 2.45) is 0 Å². The number of amides is 1. The fourth-order valence-corrected chi connectivity index (χ4v) is 3.74. The molecule has 2 N–H and O–H groups in total. The minimum Gasteiger partial charge on any atom is -0.480 e. The molecule has 0 bridgehead atoms. The van der Waals surface area contributed by atoms with Gasteiger partial charge in [-0.05, 0) is 65.8 Å². The Morgan fingerprint density at radius 3 is 2.58 bits per heavy atom. The van der Waals surface area contributed by atoms with E-state index in [1.54, 1.807) is 36.4 Å². The van der Waals surface area contributed by atoms with Gasteiger partial charge in [0, 0.05) is 18.0 Å². The van der Waals surface area contributed by atoms with E-state index in [4.69, 9.17) is 0 Å². The summed E-state index contributed by atoms with van der Waals surface area (Å²) >= 11 is 1.55. The molecule has 1 unspecified atom stereocenters. The second-order valence-corrected chi connectivity index (χ2v) is 8.21. The second-order valence-electron chi connectivity index (χ2n) is 7.23. The van der Waals surface area contributed by atoms with Crippen LogP contribution in [0.25, 0.3) is 23.3 Å². The molecule has 0 aliphatic carbocycles. The zero-order valence-corrected chi connectivity index (χ0v) is 19.8. The molecule has 0 radical (unpaired) electrons. The number of hydrogen-bond acceptors (Lipinski definition) is 5. The van der Waals surface area contributed by atoms with Gasteiger partial charge in [-0.3, -0.25) is 14.8 Å². The summed E-state index contributed by atoms with van der Waals surface area (Å²) in [5, 5.41) is 12.2. The Balaban J connectivity index is 0.00000385. The van der Waals surface area contributed by atoms with Gasteiger partial charge in [0.05, 0.1) is 11.9 Å². The summed E-state index contributed by atoms with van der Waals surface area (Å²) in [6.45, 7) is 1.98. The van der Waals surface area contributed by atoms with Crippen LogP contribution in [0.1, 0.15) is 33.6 Å². The quantitative estimate of drug-likeness (QED) is 0.477. The maximum absolute atomic E-state index is 13.1. The van der Waals surface area contributed by atoms with Crippen LogP contribution in [0.5, 0.6) is 0 Å². The summed E-state index contributed by atoms with van der Waals surface area (Å²) in [7, 11) is 0. The normalized spacial score (nSPS) is 11.6. The molecule has 8 heteroatoms. The summed E-state index contributed by atoms with van der Waals surface area (Å²) in [4.78, 5) is 33.0. The Morgan fingerprint density at radius 2 is 1.91 bits per heavy atom. The molecule has 1 heterocycles. The molecule has 3 aromatic rings. The van der Waals surface area contributed by atoms with Crippen LogP contribution in [0.3, 0.4) is 0 Å². The minimum atomic E-state index is -1.03. The van der Waals surface area contributed by atoms with Gasteiger partial charge in [0.1, 0.15) is 6.04 Å². The predicted octanol–water partition coefficient (Wildman–Crippen LogP) is 1.56. The first-order valence-electron chi connectivity index (χ1n) is 10.2. The van der Waals surface area contributed by atoms with Crippen LogP contribution in [0.15, 0.2) is 61.1 Å². The number of rotatable bonds is 9. The van der Waals surface area contributed by atoms with Gasteiger partial charge in [-0.2, -0.15) is 11.8 Å². The fourth-order valence-electron chi connectivity index (χ4n) is 3.27. The van der Waals surface area contributed by atoms with E-state index in [0.717, 1.165) is 27.9 Å². The van der Waals surface area contributed by atoms with E-state index < -0.39 is 17.9 Å². The average Bonchev–Trinajstić information content (AvgIpc) is 2.81. The molecule has 1 aromatic heterocycles. The summed E-state index contributed by atoms with van der Waals surface area (Å²) in [5.41, 5.74) is 4.74. The number of aliphatic carboxylic acids is 1. The Bertz CT molecular complexity index is 1120. The smallest absolute Gasteiger partial charge is 0.480 e. The zero-order valence-electron chi connectivity index (χ0n) is 19.0. The average molecular weight is 455 g/mol. The summed E-state index contributed by atoms with van der Waals surface area (Å²) in [5.74, 6) is -0.789. The first-order valence-corrected chi connectivity index (χ1v) is 11.6. The number of carboxylic acids is 1. The number of aromatic nitrogens is 2. The maximum Gasteiger partial charge on any atom is 1.00 e. The monoisotopic (exact) mass is 454 g/mol.